The summed E-state index contributed by atoms with van der Waals surface area (Å²) in [5.41, 5.74) is 6.93. The van der Waals surface area contributed by atoms with Crippen molar-refractivity contribution in [2.75, 3.05) is 13.7 Å². The molecule has 44 heavy (non-hydrogen) atoms. The highest BCUT2D eigenvalue weighted by atomic mass is 16.5. The Kier molecular flexibility index (Phi) is 15.9. The molecule has 1 heterocycles. The van der Waals surface area contributed by atoms with E-state index in [2.05, 4.69) is 127 Å². The average Bonchev–Trinajstić information content (AvgIpc) is 2.99. The summed E-state index contributed by atoms with van der Waals surface area (Å²) in [5, 5.41) is 7.29. The first-order valence-electron chi connectivity index (χ1n) is 16.5. The number of benzene rings is 1. The van der Waals surface area contributed by atoms with Gasteiger partial charge >= 0.3 is 0 Å². The molecule has 0 aromatic heterocycles. The van der Waals surface area contributed by atoms with Crippen LogP contribution in [0.1, 0.15) is 72.8 Å². The molecule has 2 rings (SSSR count). The largest absolute Gasteiger partial charge is 0.497 e. The second kappa shape index (κ2) is 19.0. The van der Waals surface area contributed by atoms with Crippen molar-refractivity contribution in [1.82, 2.24) is 10.6 Å². The zero-order chi connectivity index (χ0) is 32.6. The van der Waals surface area contributed by atoms with Gasteiger partial charge in [-0.3, -0.25) is 0 Å². The quantitative estimate of drug-likeness (QED) is 0.220. The first kappa shape index (κ1) is 36.7. The van der Waals surface area contributed by atoms with Crippen LogP contribution in [0, 0.1) is 29.6 Å². The van der Waals surface area contributed by atoms with E-state index in [4.69, 9.17) is 11.3 Å². The number of ether oxygens (including phenoxy) is 1. The van der Waals surface area contributed by atoms with Gasteiger partial charge in [0.25, 0.3) is 0 Å². The van der Waals surface area contributed by atoms with Crippen LogP contribution in [0.2, 0.25) is 0 Å². The number of hydrogen-bond acceptors (Lipinski definition) is 3. The SMILES string of the molecule is C=C1/C=C/C[C@@H](C(C)/C=C/C(/C=C\C)=C/C)CC(=C)C(CC(C)C)CC(=C)C(C)CNC(=C)[C@@H](Cc2ccc(OC)cc2)N1. The van der Waals surface area contributed by atoms with E-state index in [-0.39, 0.29) is 6.04 Å². The molecule has 0 amide bonds. The molecule has 0 aliphatic carbocycles. The Morgan fingerprint density at radius 1 is 1.00 bits per heavy atom. The van der Waals surface area contributed by atoms with Gasteiger partial charge in [-0.2, -0.15) is 0 Å². The number of hydrogen-bond donors (Lipinski definition) is 2. The molecule has 0 bridgehead atoms. The normalized spacial score (nSPS) is 24.9. The molecule has 5 atom stereocenters. The third-order valence-corrected chi connectivity index (χ3v) is 8.86. The van der Waals surface area contributed by atoms with Gasteiger partial charge < -0.3 is 15.4 Å². The van der Waals surface area contributed by atoms with E-state index >= 15 is 0 Å². The third-order valence-electron chi connectivity index (χ3n) is 8.86. The summed E-state index contributed by atoms with van der Waals surface area (Å²) < 4.78 is 5.36. The maximum absolute atomic E-state index is 5.36. The van der Waals surface area contributed by atoms with Crippen LogP contribution in [0.25, 0.3) is 0 Å². The molecule has 240 valence electrons. The Labute approximate surface area is 270 Å². The lowest BCUT2D eigenvalue weighted by molar-refractivity contribution is 0.374. The number of allylic oxidation sites excluding steroid dienone is 9. The molecule has 2 N–H and O–H groups in total. The van der Waals surface area contributed by atoms with Crippen molar-refractivity contribution in [2.24, 2.45) is 29.6 Å². The summed E-state index contributed by atoms with van der Waals surface area (Å²) in [6, 6.07) is 8.25. The average molecular weight is 597 g/mol. The summed E-state index contributed by atoms with van der Waals surface area (Å²) >= 11 is 0. The molecule has 0 fully saturated rings. The van der Waals surface area contributed by atoms with Crippen molar-refractivity contribution in [3.63, 3.8) is 0 Å². The molecule has 0 spiro atoms. The van der Waals surface area contributed by atoms with Crippen LogP contribution >= 0.6 is 0 Å². The van der Waals surface area contributed by atoms with E-state index in [0.29, 0.717) is 29.6 Å². The second-order valence-corrected chi connectivity index (χ2v) is 13.0. The molecule has 1 aromatic rings. The first-order chi connectivity index (χ1) is 21.0. The zero-order valence-corrected chi connectivity index (χ0v) is 28.8. The summed E-state index contributed by atoms with van der Waals surface area (Å²) in [4.78, 5) is 0. The van der Waals surface area contributed by atoms with E-state index in [1.165, 1.54) is 22.3 Å². The van der Waals surface area contributed by atoms with Gasteiger partial charge in [-0.05, 0) is 105 Å². The van der Waals surface area contributed by atoms with Crippen LogP contribution in [0.15, 0.2) is 121 Å². The molecule has 3 unspecified atom stereocenters. The van der Waals surface area contributed by atoms with Gasteiger partial charge in [0.2, 0.25) is 0 Å². The number of rotatable bonds is 9. The lowest BCUT2D eigenvalue weighted by Gasteiger charge is -2.30. The van der Waals surface area contributed by atoms with Gasteiger partial charge in [-0.25, -0.2) is 0 Å². The van der Waals surface area contributed by atoms with Crippen molar-refractivity contribution < 1.29 is 4.74 Å². The molecule has 1 aliphatic rings. The fourth-order valence-electron chi connectivity index (χ4n) is 5.80. The molecule has 3 nitrogen and oxygen atoms in total. The maximum Gasteiger partial charge on any atom is 0.118 e. The van der Waals surface area contributed by atoms with Crippen LogP contribution in [0.5, 0.6) is 5.75 Å². The predicted octanol–water partition coefficient (Wildman–Crippen LogP) is 10.3. The minimum Gasteiger partial charge on any atom is -0.497 e. The Morgan fingerprint density at radius 3 is 2.32 bits per heavy atom. The molecule has 0 saturated carbocycles. The van der Waals surface area contributed by atoms with E-state index in [1.807, 2.05) is 12.1 Å². The van der Waals surface area contributed by atoms with Crippen LogP contribution in [-0.4, -0.2) is 19.7 Å². The fourth-order valence-corrected chi connectivity index (χ4v) is 5.80. The zero-order valence-electron chi connectivity index (χ0n) is 28.8. The monoisotopic (exact) mass is 596 g/mol. The Morgan fingerprint density at radius 2 is 1.70 bits per heavy atom. The minimum atomic E-state index is -0.00842. The van der Waals surface area contributed by atoms with E-state index in [0.717, 1.165) is 55.8 Å². The van der Waals surface area contributed by atoms with Gasteiger partial charge in [0.15, 0.2) is 0 Å². The molecule has 1 aromatic carbocycles. The molecule has 0 saturated heterocycles. The van der Waals surface area contributed by atoms with Crippen molar-refractivity contribution in [3.05, 3.63) is 127 Å². The minimum absolute atomic E-state index is 0.00842. The summed E-state index contributed by atoms with van der Waals surface area (Å²) in [6.07, 6.45) is 20.3. The molecule has 3 heteroatoms. The number of methoxy groups -OCH3 is 1. The lowest BCUT2D eigenvalue weighted by Crippen LogP contribution is -2.38. The maximum atomic E-state index is 5.36. The highest BCUT2D eigenvalue weighted by Crippen LogP contribution is 2.35. The van der Waals surface area contributed by atoms with Crippen LogP contribution < -0.4 is 15.4 Å². The van der Waals surface area contributed by atoms with Gasteiger partial charge in [0, 0.05) is 17.9 Å². The lowest BCUT2D eigenvalue weighted by atomic mass is 9.77. The summed E-state index contributed by atoms with van der Waals surface area (Å²) in [6.45, 7) is 32.3. The van der Waals surface area contributed by atoms with Crippen molar-refractivity contribution in [2.45, 2.75) is 79.7 Å². The summed E-state index contributed by atoms with van der Waals surface area (Å²) in [7, 11) is 1.70. The van der Waals surface area contributed by atoms with Gasteiger partial charge in [0.1, 0.15) is 5.75 Å². The molecule has 1 aliphatic heterocycles. The Balaban J connectivity index is 2.40. The van der Waals surface area contributed by atoms with Crippen molar-refractivity contribution in [3.8, 4) is 5.75 Å². The smallest absolute Gasteiger partial charge is 0.118 e. The van der Waals surface area contributed by atoms with E-state index < -0.39 is 0 Å². The highest BCUT2D eigenvalue weighted by molar-refractivity contribution is 5.31. The fraction of sp³-hybridized carbons (Fsp3) is 0.463. The molecule has 0 radical (unpaired) electrons. The van der Waals surface area contributed by atoms with Crippen LogP contribution in [-0.2, 0) is 6.42 Å². The van der Waals surface area contributed by atoms with Crippen LogP contribution in [0.4, 0.5) is 0 Å². The van der Waals surface area contributed by atoms with E-state index in [1.54, 1.807) is 7.11 Å². The van der Waals surface area contributed by atoms with Crippen molar-refractivity contribution >= 4 is 0 Å². The van der Waals surface area contributed by atoms with Gasteiger partial charge in [-0.15, -0.1) is 0 Å². The number of nitrogens with one attached hydrogen (secondary N) is 2. The highest BCUT2D eigenvalue weighted by Gasteiger charge is 2.24. The van der Waals surface area contributed by atoms with Crippen LogP contribution in [0.3, 0.4) is 0 Å². The topological polar surface area (TPSA) is 33.3 Å². The first-order valence-corrected chi connectivity index (χ1v) is 16.5. The Hall–Kier alpha value is -3.46. The van der Waals surface area contributed by atoms with E-state index in [9.17, 15) is 0 Å². The second-order valence-electron chi connectivity index (χ2n) is 13.0. The summed E-state index contributed by atoms with van der Waals surface area (Å²) in [5.74, 6) is 3.03. The van der Waals surface area contributed by atoms with Gasteiger partial charge in [-0.1, -0.05) is 114 Å². The standard InChI is InChI=1S/C41H60N2O/c1-12-15-36(13-2)19-18-30(5)38-17-14-16-34(9)43-41(27-37-20-22-40(44-11)23-21-37)35(10)42-28-33(8)31(6)25-39(24-29(3)4)32(7)26-38/h12-16,18-23,29-30,33,38-39,41-43H,6-7,9-10,17,24-28H2,1-5,8,11H3/b15-12-,16-14+,19-18+,36-13+/t30?,33?,38-,39?,41-/m1/s1. The molecular formula is C41H60N2O. The molecular weight excluding hydrogens is 536 g/mol. The van der Waals surface area contributed by atoms with Gasteiger partial charge in [0.05, 0.1) is 13.2 Å². The third kappa shape index (κ3) is 12.6. The van der Waals surface area contributed by atoms with Crippen molar-refractivity contribution in [1.29, 1.82) is 0 Å². The Bertz CT molecular complexity index is 1210. The predicted molar refractivity (Wildman–Crippen MR) is 194 cm³/mol.